The fourth-order valence-electron chi connectivity index (χ4n) is 4.81. The van der Waals surface area contributed by atoms with E-state index in [9.17, 15) is 4.79 Å². The number of benzene rings is 1. The first-order chi connectivity index (χ1) is 13.5. The lowest BCUT2D eigenvalue weighted by Crippen LogP contribution is -2.50. The monoisotopic (exact) mass is 376 g/mol. The lowest BCUT2D eigenvalue weighted by Gasteiger charge is -2.33. The highest BCUT2D eigenvalue weighted by molar-refractivity contribution is 5.95. The number of nitrogens with one attached hydrogen (secondary N) is 1. The molecule has 1 saturated carbocycles. The number of nitrogens with zero attached hydrogens (tertiary/aromatic N) is 4. The quantitative estimate of drug-likeness (QED) is 0.699. The van der Waals surface area contributed by atoms with Gasteiger partial charge in [0.1, 0.15) is 23.9 Å². The molecule has 1 unspecified atom stereocenters. The predicted molar refractivity (Wildman–Crippen MR) is 110 cm³/mol. The molecule has 2 fully saturated rings. The number of carbonyl (C=O) groups excluding carboxylic acids is 1. The molecule has 6 nitrogen and oxygen atoms in total. The van der Waals surface area contributed by atoms with Gasteiger partial charge in [-0.05, 0) is 37.5 Å². The van der Waals surface area contributed by atoms with E-state index in [-0.39, 0.29) is 11.3 Å². The van der Waals surface area contributed by atoms with Crippen molar-refractivity contribution in [2.45, 2.75) is 19.8 Å². The Hall–Kier alpha value is -2.73. The van der Waals surface area contributed by atoms with Crippen LogP contribution in [0.5, 0.6) is 0 Å². The normalized spacial score (nSPS) is 23.7. The van der Waals surface area contributed by atoms with E-state index in [0.717, 1.165) is 58.6 Å². The highest BCUT2D eigenvalue weighted by Gasteiger charge is 2.53. The summed E-state index contributed by atoms with van der Waals surface area (Å²) in [5, 5.41) is 1.08. The van der Waals surface area contributed by atoms with Crippen molar-refractivity contribution in [3.8, 4) is 0 Å². The van der Waals surface area contributed by atoms with Crippen LogP contribution in [0.3, 0.4) is 0 Å². The first-order valence-electron chi connectivity index (χ1n) is 9.98. The summed E-state index contributed by atoms with van der Waals surface area (Å²) in [6.45, 7) is 5.47. The summed E-state index contributed by atoms with van der Waals surface area (Å²) < 4.78 is 0.744. The van der Waals surface area contributed by atoms with Crippen molar-refractivity contribution >= 4 is 22.8 Å². The van der Waals surface area contributed by atoms with Crippen molar-refractivity contribution in [2.75, 3.05) is 33.2 Å². The van der Waals surface area contributed by atoms with Crippen LogP contribution in [-0.2, 0) is 0 Å². The van der Waals surface area contributed by atoms with Crippen LogP contribution in [0.4, 0.5) is 5.82 Å². The molecule has 1 aromatic carbocycles. The number of hydrogen-bond acceptors (Lipinski definition) is 3. The number of H-pyrrole nitrogens is 1. The molecule has 1 spiro atoms. The van der Waals surface area contributed by atoms with Crippen molar-refractivity contribution in [2.24, 2.45) is 5.41 Å². The Bertz CT molecular complexity index is 1050. The SMILES string of the molecule is Cc1ccccc1C(=O)N1CC[N+](C)(c2ncnc3[nH]ccc23)CC2(CC2)C1. The highest BCUT2D eigenvalue weighted by Crippen LogP contribution is 2.50. The first kappa shape index (κ1) is 17.4. The maximum Gasteiger partial charge on any atom is 0.254 e. The van der Waals surface area contributed by atoms with Gasteiger partial charge in [-0.25, -0.2) is 4.98 Å². The second kappa shape index (κ2) is 6.14. The largest absolute Gasteiger partial charge is 0.346 e. The number of aromatic nitrogens is 3. The molecule has 0 bridgehead atoms. The maximum absolute atomic E-state index is 13.3. The molecule has 1 aliphatic heterocycles. The minimum absolute atomic E-state index is 0.160. The third-order valence-corrected chi connectivity index (χ3v) is 6.54. The lowest BCUT2D eigenvalue weighted by molar-refractivity contribution is 0.0739. The Morgan fingerprint density at radius 3 is 2.82 bits per heavy atom. The van der Waals surface area contributed by atoms with Gasteiger partial charge in [0, 0.05) is 23.7 Å². The van der Waals surface area contributed by atoms with Crippen molar-refractivity contribution in [3.63, 3.8) is 0 Å². The molecule has 3 aromatic rings. The second-order valence-corrected chi connectivity index (χ2v) is 8.76. The standard InChI is InChI=1S/C22H26N5O/c1-16-5-3-4-6-17(16)21(28)26-11-12-27(2,14-22(13-26)8-9-22)20-18-7-10-23-19(18)24-15-25-20/h3-7,10,15H,8-9,11-14H2,1-2H3,(H,23,24,25)/q+1. The third-order valence-electron chi connectivity index (χ3n) is 6.54. The van der Waals surface area contributed by atoms with Gasteiger partial charge in [-0.15, -0.1) is 0 Å². The van der Waals surface area contributed by atoms with E-state index < -0.39 is 0 Å². The Morgan fingerprint density at radius 1 is 1.21 bits per heavy atom. The fourth-order valence-corrected chi connectivity index (χ4v) is 4.81. The van der Waals surface area contributed by atoms with Crippen molar-refractivity contribution in [1.82, 2.24) is 24.3 Å². The molecule has 1 atom stereocenters. The van der Waals surface area contributed by atoms with E-state index in [0.29, 0.717) is 0 Å². The van der Waals surface area contributed by atoms with Gasteiger partial charge in [-0.1, -0.05) is 18.2 Å². The molecule has 1 saturated heterocycles. The number of rotatable bonds is 2. The molecule has 144 valence electrons. The molecule has 0 radical (unpaired) electrons. The molecule has 5 rings (SSSR count). The van der Waals surface area contributed by atoms with E-state index in [4.69, 9.17) is 0 Å². The highest BCUT2D eigenvalue weighted by atomic mass is 16.2. The Labute approximate surface area is 164 Å². The molecule has 1 aliphatic carbocycles. The van der Waals surface area contributed by atoms with Crippen molar-refractivity contribution in [1.29, 1.82) is 0 Å². The van der Waals surface area contributed by atoms with Gasteiger partial charge in [0.15, 0.2) is 0 Å². The molecule has 2 aliphatic rings. The molecule has 2 aromatic heterocycles. The summed E-state index contributed by atoms with van der Waals surface area (Å²) in [5.41, 5.74) is 2.96. The second-order valence-electron chi connectivity index (χ2n) is 8.76. The number of hydrogen-bond donors (Lipinski definition) is 1. The lowest BCUT2D eigenvalue weighted by atomic mass is 10.0. The number of amides is 1. The first-order valence-corrected chi connectivity index (χ1v) is 9.98. The summed E-state index contributed by atoms with van der Waals surface area (Å²) in [5.74, 6) is 1.22. The minimum Gasteiger partial charge on any atom is -0.346 e. The van der Waals surface area contributed by atoms with Crippen LogP contribution in [-0.4, -0.2) is 59.0 Å². The average Bonchev–Trinajstić information content (AvgIpc) is 3.30. The van der Waals surface area contributed by atoms with Gasteiger partial charge >= 0.3 is 0 Å². The molecular weight excluding hydrogens is 350 g/mol. The summed E-state index contributed by atoms with van der Waals surface area (Å²) in [7, 11) is 2.26. The van der Waals surface area contributed by atoms with Crippen LogP contribution >= 0.6 is 0 Å². The predicted octanol–water partition coefficient (Wildman–Crippen LogP) is 3.14. The smallest absolute Gasteiger partial charge is 0.254 e. The van der Waals surface area contributed by atoms with Gasteiger partial charge in [0.2, 0.25) is 5.82 Å². The average molecular weight is 376 g/mol. The molecule has 28 heavy (non-hydrogen) atoms. The number of carbonyl (C=O) groups is 1. The summed E-state index contributed by atoms with van der Waals surface area (Å²) in [6.07, 6.45) is 5.94. The van der Waals surface area contributed by atoms with E-state index >= 15 is 0 Å². The van der Waals surface area contributed by atoms with Crippen molar-refractivity contribution in [3.05, 3.63) is 54.0 Å². The third kappa shape index (κ3) is 2.79. The zero-order chi connectivity index (χ0) is 19.4. The minimum atomic E-state index is 0.160. The maximum atomic E-state index is 13.3. The number of aryl methyl sites for hydroxylation is 1. The van der Waals surface area contributed by atoms with Crippen LogP contribution < -0.4 is 4.48 Å². The van der Waals surface area contributed by atoms with Crippen LogP contribution in [0.15, 0.2) is 42.9 Å². The van der Waals surface area contributed by atoms with Crippen LogP contribution in [0.25, 0.3) is 11.0 Å². The zero-order valence-electron chi connectivity index (χ0n) is 16.5. The topological polar surface area (TPSA) is 61.9 Å². The molecular formula is C22H26N5O+. The van der Waals surface area contributed by atoms with E-state index in [1.54, 1.807) is 6.33 Å². The van der Waals surface area contributed by atoms with Crippen LogP contribution in [0, 0.1) is 12.3 Å². The van der Waals surface area contributed by atoms with Gasteiger partial charge in [-0.3, -0.25) is 9.28 Å². The van der Waals surface area contributed by atoms with E-state index in [1.807, 2.05) is 37.4 Å². The summed E-state index contributed by atoms with van der Waals surface area (Å²) in [6, 6.07) is 9.97. The fraction of sp³-hybridized carbons (Fsp3) is 0.409. The molecule has 3 heterocycles. The Balaban J connectivity index is 1.50. The molecule has 1 amide bonds. The van der Waals surface area contributed by atoms with E-state index in [1.165, 1.54) is 12.8 Å². The Kier molecular flexibility index (Phi) is 3.81. The van der Waals surface area contributed by atoms with E-state index in [2.05, 4.69) is 33.0 Å². The summed E-state index contributed by atoms with van der Waals surface area (Å²) >= 11 is 0. The van der Waals surface area contributed by atoms with Crippen LogP contribution in [0.1, 0.15) is 28.8 Å². The Morgan fingerprint density at radius 2 is 2.04 bits per heavy atom. The number of fused-ring (bicyclic) bond motifs is 1. The number of aromatic amines is 1. The number of quaternary nitrogens is 1. The summed E-state index contributed by atoms with van der Waals surface area (Å²) in [4.78, 5) is 27.6. The van der Waals surface area contributed by atoms with Crippen LogP contribution in [0.2, 0.25) is 0 Å². The van der Waals surface area contributed by atoms with Gasteiger partial charge in [0.25, 0.3) is 5.91 Å². The zero-order valence-corrected chi connectivity index (χ0v) is 16.5. The number of likely N-dealkylation sites (N-methyl/N-ethyl adjacent to an activating group) is 1. The van der Waals surface area contributed by atoms with Gasteiger partial charge < -0.3 is 9.88 Å². The molecule has 6 heteroatoms. The molecule has 1 N–H and O–H groups in total. The van der Waals surface area contributed by atoms with Crippen molar-refractivity contribution < 1.29 is 4.79 Å². The van der Waals surface area contributed by atoms with Gasteiger partial charge in [-0.2, -0.15) is 4.98 Å². The van der Waals surface area contributed by atoms with Gasteiger partial charge in [0.05, 0.1) is 20.1 Å².